The molecule has 19 heavy (non-hydrogen) atoms. The molecule has 0 saturated heterocycles. The van der Waals surface area contributed by atoms with Gasteiger partial charge in [0.15, 0.2) is 0 Å². The zero-order chi connectivity index (χ0) is 13.1. The van der Waals surface area contributed by atoms with Crippen molar-refractivity contribution >= 4 is 0 Å². The summed E-state index contributed by atoms with van der Waals surface area (Å²) >= 11 is 0. The molecule has 0 unspecified atom stereocenters. The number of benzene rings is 2. The minimum Gasteiger partial charge on any atom is -0.298 e. The Morgan fingerprint density at radius 3 is 2.42 bits per heavy atom. The second-order valence-electron chi connectivity index (χ2n) is 5.57. The van der Waals surface area contributed by atoms with E-state index in [-0.39, 0.29) is 0 Å². The van der Waals surface area contributed by atoms with Gasteiger partial charge in [0.1, 0.15) is 0 Å². The smallest absolute Gasteiger partial charge is 0.0236 e. The van der Waals surface area contributed by atoms with Gasteiger partial charge in [-0.3, -0.25) is 4.90 Å². The van der Waals surface area contributed by atoms with E-state index in [0.717, 1.165) is 13.1 Å². The maximum atomic E-state index is 2.58. The molecule has 1 nitrogen and oxygen atoms in total. The first kappa shape index (κ1) is 12.4. The lowest BCUT2D eigenvalue weighted by Gasteiger charge is -2.31. The van der Waals surface area contributed by atoms with Crippen molar-refractivity contribution in [3.05, 3.63) is 71.3 Å². The number of nitrogens with zero attached hydrogens (tertiary/aromatic N) is 1. The fourth-order valence-corrected chi connectivity index (χ4v) is 2.98. The Labute approximate surface area is 115 Å². The second kappa shape index (κ2) is 5.58. The highest BCUT2D eigenvalue weighted by Gasteiger charge is 2.17. The van der Waals surface area contributed by atoms with E-state index in [1.165, 1.54) is 29.7 Å². The molecular formula is C18H21N. The Kier molecular flexibility index (Phi) is 3.65. The largest absolute Gasteiger partial charge is 0.298 e. The van der Waals surface area contributed by atoms with Crippen LogP contribution in [0.3, 0.4) is 0 Å². The third kappa shape index (κ3) is 2.87. The van der Waals surface area contributed by atoms with Gasteiger partial charge in [0, 0.05) is 19.6 Å². The molecule has 3 rings (SSSR count). The first-order valence-corrected chi connectivity index (χ1v) is 7.17. The molecule has 1 heterocycles. The van der Waals surface area contributed by atoms with E-state index in [9.17, 15) is 0 Å². The number of hydrogen-bond donors (Lipinski definition) is 0. The maximum Gasteiger partial charge on any atom is 0.0236 e. The lowest BCUT2D eigenvalue weighted by molar-refractivity contribution is 0.242. The average Bonchev–Trinajstić information content (AvgIpc) is 2.48. The van der Waals surface area contributed by atoms with Gasteiger partial charge in [-0.25, -0.2) is 0 Å². The van der Waals surface area contributed by atoms with Crippen molar-refractivity contribution in [3.8, 4) is 0 Å². The Morgan fingerprint density at radius 2 is 1.63 bits per heavy atom. The summed E-state index contributed by atoms with van der Waals surface area (Å²) in [6, 6.07) is 19.7. The van der Waals surface area contributed by atoms with Gasteiger partial charge in [-0.05, 0) is 29.0 Å². The summed E-state index contributed by atoms with van der Waals surface area (Å²) < 4.78 is 0. The third-order valence-corrected chi connectivity index (χ3v) is 4.11. The monoisotopic (exact) mass is 251 g/mol. The summed E-state index contributed by atoms with van der Waals surface area (Å²) in [7, 11) is 0. The SMILES string of the molecule is C[C@@H](CN1CCc2ccccc2C1)c1ccccc1. The van der Waals surface area contributed by atoms with Crippen LogP contribution in [0.25, 0.3) is 0 Å². The van der Waals surface area contributed by atoms with Crippen LogP contribution in [-0.2, 0) is 13.0 Å². The zero-order valence-electron chi connectivity index (χ0n) is 11.5. The molecule has 1 atom stereocenters. The highest BCUT2D eigenvalue weighted by Crippen LogP contribution is 2.22. The quantitative estimate of drug-likeness (QED) is 0.801. The van der Waals surface area contributed by atoms with Crippen molar-refractivity contribution in [1.29, 1.82) is 0 Å². The molecule has 0 N–H and O–H groups in total. The van der Waals surface area contributed by atoms with Crippen molar-refractivity contribution in [3.63, 3.8) is 0 Å². The molecule has 0 radical (unpaired) electrons. The first-order valence-electron chi connectivity index (χ1n) is 7.17. The fourth-order valence-electron chi connectivity index (χ4n) is 2.98. The Morgan fingerprint density at radius 1 is 0.947 bits per heavy atom. The Bertz CT molecular complexity index is 532. The zero-order valence-corrected chi connectivity index (χ0v) is 11.5. The molecule has 0 fully saturated rings. The van der Waals surface area contributed by atoms with Crippen LogP contribution in [0, 0.1) is 0 Å². The van der Waals surface area contributed by atoms with Crippen LogP contribution in [0.1, 0.15) is 29.5 Å². The van der Waals surface area contributed by atoms with Crippen LogP contribution in [0.4, 0.5) is 0 Å². The summed E-state index contributed by atoms with van der Waals surface area (Å²) in [5.41, 5.74) is 4.49. The third-order valence-electron chi connectivity index (χ3n) is 4.11. The predicted molar refractivity (Wildman–Crippen MR) is 80.3 cm³/mol. The molecule has 1 aliphatic rings. The van der Waals surface area contributed by atoms with Gasteiger partial charge in [-0.2, -0.15) is 0 Å². The van der Waals surface area contributed by atoms with Gasteiger partial charge < -0.3 is 0 Å². The van der Waals surface area contributed by atoms with E-state index in [2.05, 4.69) is 66.4 Å². The highest BCUT2D eigenvalue weighted by atomic mass is 15.1. The van der Waals surface area contributed by atoms with E-state index in [0.29, 0.717) is 5.92 Å². The van der Waals surface area contributed by atoms with Crippen LogP contribution in [-0.4, -0.2) is 18.0 Å². The van der Waals surface area contributed by atoms with E-state index >= 15 is 0 Å². The molecule has 2 aromatic carbocycles. The highest BCUT2D eigenvalue weighted by molar-refractivity contribution is 5.29. The number of fused-ring (bicyclic) bond motifs is 1. The summed E-state index contributed by atoms with van der Waals surface area (Å²) in [6.07, 6.45) is 1.19. The molecule has 98 valence electrons. The number of rotatable bonds is 3. The van der Waals surface area contributed by atoms with Crippen molar-refractivity contribution in [2.75, 3.05) is 13.1 Å². The first-order chi connectivity index (χ1) is 9.33. The summed E-state index contributed by atoms with van der Waals surface area (Å²) in [5, 5.41) is 0. The van der Waals surface area contributed by atoms with Crippen LogP contribution in [0.2, 0.25) is 0 Å². The molecule has 0 amide bonds. The Hall–Kier alpha value is -1.60. The maximum absolute atomic E-state index is 2.58. The minimum atomic E-state index is 0.603. The van der Waals surface area contributed by atoms with E-state index < -0.39 is 0 Å². The van der Waals surface area contributed by atoms with Crippen LogP contribution in [0.15, 0.2) is 54.6 Å². The summed E-state index contributed by atoms with van der Waals surface area (Å²) in [5.74, 6) is 0.603. The fraction of sp³-hybridized carbons (Fsp3) is 0.333. The van der Waals surface area contributed by atoms with Gasteiger partial charge in [0.05, 0.1) is 0 Å². The molecule has 1 aliphatic heterocycles. The van der Waals surface area contributed by atoms with Crippen LogP contribution >= 0.6 is 0 Å². The van der Waals surface area contributed by atoms with E-state index in [1.54, 1.807) is 0 Å². The molecule has 1 heteroatoms. The second-order valence-corrected chi connectivity index (χ2v) is 5.57. The normalized spacial score (nSPS) is 16.9. The van der Waals surface area contributed by atoms with Gasteiger partial charge >= 0.3 is 0 Å². The lowest BCUT2D eigenvalue weighted by atomic mass is 9.96. The molecule has 0 aliphatic carbocycles. The number of hydrogen-bond acceptors (Lipinski definition) is 1. The standard InChI is InChI=1S/C18H21N/c1-15(16-7-3-2-4-8-16)13-19-12-11-17-9-5-6-10-18(17)14-19/h2-10,15H,11-14H2,1H3/t15-/m0/s1. The molecule has 0 bridgehead atoms. The lowest BCUT2D eigenvalue weighted by Crippen LogP contribution is -2.33. The summed E-state index contributed by atoms with van der Waals surface area (Å²) in [4.78, 5) is 2.58. The van der Waals surface area contributed by atoms with Gasteiger partial charge in [-0.1, -0.05) is 61.5 Å². The van der Waals surface area contributed by atoms with E-state index in [4.69, 9.17) is 0 Å². The molecule has 0 spiro atoms. The Balaban J connectivity index is 1.66. The van der Waals surface area contributed by atoms with Gasteiger partial charge in [0.25, 0.3) is 0 Å². The molecule has 0 aromatic heterocycles. The average molecular weight is 251 g/mol. The van der Waals surface area contributed by atoms with Crippen molar-refractivity contribution in [2.24, 2.45) is 0 Å². The van der Waals surface area contributed by atoms with Crippen molar-refractivity contribution in [2.45, 2.75) is 25.8 Å². The van der Waals surface area contributed by atoms with E-state index in [1.807, 2.05) is 0 Å². The van der Waals surface area contributed by atoms with Crippen LogP contribution in [0.5, 0.6) is 0 Å². The topological polar surface area (TPSA) is 3.24 Å². The van der Waals surface area contributed by atoms with Crippen LogP contribution < -0.4 is 0 Å². The predicted octanol–water partition coefficient (Wildman–Crippen LogP) is 3.85. The van der Waals surface area contributed by atoms with Gasteiger partial charge in [0.2, 0.25) is 0 Å². The van der Waals surface area contributed by atoms with Gasteiger partial charge in [-0.15, -0.1) is 0 Å². The minimum absolute atomic E-state index is 0.603. The molecular weight excluding hydrogens is 230 g/mol. The van der Waals surface area contributed by atoms with Crippen molar-refractivity contribution in [1.82, 2.24) is 4.90 Å². The molecule has 0 saturated carbocycles. The molecule has 2 aromatic rings. The van der Waals surface area contributed by atoms with Crippen molar-refractivity contribution < 1.29 is 0 Å². The summed E-state index contributed by atoms with van der Waals surface area (Å²) in [6.45, 7) is 5.77.